The lowest BCUT2D eigenvalue weighted by atomic mass is 10.1. The zero-order chi connectivity index (χ0) is 17.4. The normalized spacial score (nSPS) is 26.5. The molecule has 3 aliphatic rings. The van der Waals surface area contributed by atoms with E-state index < -0.39 is 10.0 Å². The molecule has 1 aromatic rings. The molecule has 2 saturated heterocycles. The Balaban J connectivity index is 1.49. The number of hydrogen-bond acceptors (Lipinski definition) is 4. The van der Waals surface area contributed by atoms with E-state index in [1.54, 1.807) is 18.2 Å². The summed E-state index contributed by atoms with van der Waals surface area (Å²) in [6, 6.07) is 7.30. The van der Waals surface area contributed by atoms with Gasteiger partial charge in [0, 0.05) is 37.3 Å². The van der Waals surface area contributed by atoms with Crippen molar-refractivity contribution in [1.29, 1.82) is 0 Å². The third-order valence-corrected chi connectivity index (χ3v) is 6.88. The van der Waals surface area contributed by atoms with Gasteiger partial charge in [-0.2, -0.15) is 0 Å². The first-order valence-corrected chi connectivity index (χ1v) is 10.6. The Hall–Kier alpha value is -1.44. The van der Waals surface area contributed by atoms with E-state index in [1.807, 2.05) is 4.90 Å². The molecule has 6 nitrogen and oxygen atoms in total. The van der Waals surface area contributed by atoms with Gasteiger partial charge in [-0.25, -0.2) is 13.1 Å². The zero-order valence-electron chi connectivity index (χ0n) is 14.3. The number of likely N-dealkylation sites (tertiary alicyclic amines) is 1. The van der Waals surface area contributed by atoms with Gasteiger partial charge in [-0.3, -0.25) is 4.79 Å². The Labute approximate surface area is 149 Å². The van der Waals surface area contributed by atoms with Crippen molar-refractivity contribution in [1.82, 2.24) is 14.9 Å². The molecule has 0 radical (unpaired) electrons. The Morgan fingerprint density at radius 1 is 1.16 bits per heavy atom. The number of benzene rings is 1. The van der Waals surface area contributed by atoms with Crippen LogP contribution < -0.4 is 10.0 Å². The second kappa shape index (κ2) is 6.70. The highest BCUT2D eigenvalue weighted by Gasteiger charge is 2.32. The van der Waals surface area contributed by atoms with Gasteiger partial charge in [0.1, 0.15) is 0 Å². The summed E-state index contributed by atoms with van der Waals surface area (Å²) in [4.78, 5) is 14.9. The van der Waals surface area contributed by atoms with Crippen LogP contribution in [0.2, 0.25) is 0 Å². The van der Waals surface area contributed by atoms with Gasteiger partial charge in [0.25, 0.3) is 5.91 Å². The van der Waals surface area contributed by atoms with Gasteiger partial charge in [0.2, 0.25) is 10.0 Å². The fourth-order valence-electron chi connectivity index (χ4n) is 3.74. The van der Waals surface area contributed by atoms with Crippen LogP contribution in [0.5, 0.6) is 0 Å². The highest BCUT2D eigenvalue weighted by atomic mass is 32.2. The van der Waals surface area contributed by atoms with Crippen LogP contribution in [0.3, 0.4) is 0 Å². The van der Waals surface area contributed by atoms with E-state index in [1.165, 1.54) is 12.5 Å². The maximum Gasteiger partial charge on any atom is 0.253 e. The number of sulfonamides is 1. The third-order valence-electron chi connectivity index (χ3n) is 5.46. The van der Waals surface area contributed by atoms with Crippen LogP contribution in [0.25, 0.3) is 0 Å². The molecule has 3 fully saturated rings. The number of fused-ring (bicyclic) bond motifs is 2. The second-order valence-corrected chi connectivity index (χ2v) is 9.27. The second-order valence-electron chi connectivity index (χ2n) is 7.50. The molecule has 1 amide bonds. The summed E-state index contributed by atoms with van der Waals surface area (Å²) < 4.78 is 27.5. The number of hydrogen-bond donors (Lipinski definition) is 2. The van der Waals surface area contributed by atoms with E-state index in [9.17, 15) is 13.2 Å². The van der Waals surface area contributed by atoms with E-state index in [4.69, 9.17) is 0 Å². The Bertz CT molecular complexity index is 761. The minimum absolute atomic E-state index is 0.0754. The molecule has 2 N–H and O–H groups in total. The van der Waals surface area contributed by atoms with Crippen LogP contribution in [0.4, 0.5) is 0 Å². The van der Waals surface area contributed by atoms with Crippen molar-refractivity contribution in [2.45, 2.75) is 49.1 Å². The van der Waals surface area contributed by atoms with Gasteiger partial charge in [0.05, 0.1) is 4.90 Å². The molecular weight excluding hydrogens is 338 g/mol. The topological polar surface area (TPSA) is 78.5 Å². The number of rotatable bonds is 5. The standard InChI is InChI=1S/C18H25N3O3S/c22-18(21-9-8-15-6-7-16(12-21)20-15)14-2-1-3-17(10-14)25(23,24)19-11-13-4-5-13/h1-3,10,13,15-16,19-20H,4-9,11-12H2. The first kappa shape index (κ1) is 17.0. The fraction of sp³-hybridized carbons (Fsp3) is 0.611. The van der Waals surface area contributed by atoms with Crippen molar-refractivity contribution in [3.8, 4) is 0 Å². The first-order valence-electron chi connectivity index (χ1n) is 9.16. The highest BCUT2D eigenvalue weighted by molar-refractivity contribution is 7.89. The molecule has 0 aromatic heterocycles. The van der Waals surface area contributed by atoms with Crippen LogP contribution in [0, 0.1) is 5.92 Å². The Morgan fingerprint density at radius 2 is 1.96 bits per heavy atom. The third kappa shape index (κ3) is 3.88. The van der Waals surface area contributed by atoms with E-state index in [0.717, 1.165) is 32.2 Å². The van der Waals surface area contributed by atoms with Crippen LogP contribution in [0.15, 0.2) is 29.2 Å². The molecule has 2 heterocycles. The molecule has 136 valence electrons. The van der Waals surface area contributed by atoms with Gasteiger partial charge in [-0.05, 0) is 56.2 Å². The molecule has 2 aliphatic heterocycles. The molecule has 4 rings (SSSR count). The first-order chi connectivity index (χ1) is 12.0. The summed E-state index contributed by atoms with van der Waals surface area (Å²) >= 11 is 0. The van der Waals surface area contributed by atoms with Crippen LogP contribution >= 0.6 is 0 Å². The minimum atomic E-state index is -3.55. The maximum atomic E-state index is 12.9. The number of carbonyl (C=O) groups excluding carboxylic acids is 1. The van der Waals surface area contributed by atoms with Gasteiger partial charge < -0.3 is 10.2 Å². The lowest BCUT2D eigenvalue weighted by Gasteiger charge is -2.24. The summed E-state index contributed by atoms with van der Waals surface area (Å²) in [7, 11) is -3.55. The lowest BCUT2D eigenvalue weighted by Crippen LogP contribution is -2.39. The minimum Gasteiger partial charge on any atom is -0.337 e. The average molecular weight is 363 g/mol. The zero-order valence-corrected chi connectivity index (χ0v) is 15.1. The number of nitrogens with one attached hydrogen (secondary N) is 2. The predicted octanol–water partition coefficient (Wildman–Crippen LogP) is 1.34. The summed E-state index contributed by atoms with van der Waals surface area (Å²) in [6.45, 7) is 1.91. The fourth-order valence-corrected chi connectivity index (χ4v) is 4.90. The van der Waals surface area contributed by atoms with Crippen LogP contribution in [-0.4, -0.2) is 50.9 Å². The Morgan fingerprint density at radius 3 is 2.76 bits per heavy atom. The van der Waals surface area contributed by atoms with Crippen molar-refractivity contribution < 1.29 is 13.2 Å². The summed E-state index contributed by atoms with van der Waals surface area (Å²) in [6.07, 6.45) is 5.43. The van der Waals surface area contributed by atoms with Crippen LogP contribution in [-0.2, 0) is 10.0 Å². The van der Waals surface area contributed by atoms with Gasteiger partial charge >= 0.3 is 0 Å². The molecular formula is C18H25N3O3S. The maximum absolute atomic E-state index is 12.9. The molecule has 1 saturated carbocycles. The summed E-state index contributed by atoms with van der Waals surface area (Å²) in [5.41, 5.74) is 0.451. The number of carbonyl (C=O) groups is 1. The lowest BCUT2D eigenvalue weighted by molar-refractivity contribution is 0.0748. The van der Waals surface area contributed by atoms with E-state index in [0.29, 0.717) is 36.7 Å². The molecule has 1 aliphatic carbocycles. The molecule has 2 unspecified atom stereocenters. The highest BCUT2D eigenvalue weighted by Crippen LogP contribution is 2.28. The van der Waals surface area contributed by atoms with Crippen molar-refractivity contribution in [2.24, 2.45) is 5.92 Å². The molecule has 7 heteroatoms. The molecule has 2 atom stereocenters. The van der Waals surface area contributed by atoms with Gasteiger partial charge in [-0.15, -0.1) is 0 Å². The van der Waals surface area contributed by atoms with Crippen LogP contribution in [0.1, 0.15) is 42.5 Å². The van der Waals surface area contributed by atoms with Gasteiger partial charge in [0.15, 0.2) is 0 Å². The largest absolute Gasteiger partial charge is 0.337 e. The summed E-state index contributed by atoms with van der Waals surface area (Å²) in [5.74, 6) is 0.396. The van der Waals surface area contributed by atoms with Crippen molar-refractivity contribution in [3.63, 3.8) is 0 Å². The SMILES string of the molecule is O=C(c1cccc(S(=O)(=O)NCC2CC2)c1)N1CCC2CCC(C1)N2. The van der Waals surface area contributed by atoms with Gasteiger partial charge in [-0.1, -0.05) is 6.07 Å². The average Bonchev–Trinajstić information content (AvgIpc) is 3.36. The molecule has 1 aromatic carbocycles. The Kier molecular flexibility index (Phi) is 4.56. The predicted molar refractivity (Wildman–Crippen MR) is 94.8 cm³/mol. The van der Waals surface area contributed by atoms with Crippen molar-refractivity contribution >= 4 is 15.9 Å². The van der Waals surface area contributed by atoms with Crippen molar-refractivity contribution in [2.75, 3.05) is 19.6 Å². The number of amides is 1. The van der Waals surface area contributed by atoms with E-state index >= 15 is 0 Å². The molecule has 2 bridgehead atoms. The molecule has 0 spiro atoms. The quantitative estimate of drug-likeness (QED) is 0.828. The van der Waals surface area contributed by atoms with E-state index in [2.05, 4.69) is 10.0 Å². The van der Waals surface area contributed by atoms with E-state index in [-0.39, 0.29) is 10.8 Å². The summed E-state index contributed by atoms with van der Waals surface area (Å²) in [5, 5.41) is 3.56. The number of nitrogens with zero attached hydrogens (tertiary/aromatic N) is 1. The smallest absolute Gasteiger partial charge is 0.253 e. The van der Waals surface area contributed by atoms with Crippen molar-refractivity contribution in [3.05, 3.63) is 29.8 Å². The monoisotopic (exact) mass is 363 g/mol. The molecule has 25 heavy (non-hydrogen) atoms.